The molecule has 5 rings (SSSR count). The molecular weight excluding hydrogens is 374 g/mol. The van der Waals surface area contributed by atoms with Gasteiger partial charge in [-0.3, -0.25) is 5.41 Å². The summed E-state index contributed by atoms with van der Waals surface area (Å²) in [4.78, 5) is 6.67. The lowest BCUT2D eigenvalue weighted by Gasteiger charge is -2.18. The Hall–Kier alpha value is -3.54. The van der Waals surface area contributed by atoms with Crippen LogP contribution in [-0.2, 0) is 20.0 Å². The smallest absolute Gasteiger partial charge is 0.148 e. The Morgan fingerprint density at radius 1 is 1.07 bits per heavy atom. The highest BCUT2D eigenvalue weighted by molar-refractivity contribution is 6.23. The first-order valence-corrected chi connectivity index (χ1v) is 10.3. The molecule has 0 unspecified atom stereocenters. The maximum absolute atomic E-state index is 10.7. The molecule has 6 heteroatoms. The first-order chi connectivity index (χ1) is 14.6. The SMILES string of the molecule is CCn1c(C2=C(O)CN(CCc3cn(C)c4ccccc34)C2=N)nc2ccccc21. The van der Waals surface area contributed by atoms with Crippen molar-refractivity contribution in [2.24, 2.45) is 7.05 Å². The van der Waals surface area contributed by atoms with Crippen LogP contribution in [0.3, 0.4) is 0 Å². The highest BCUT2D eigenvalue weighted by atomic mass is 16.3. The zero-order chi connectivity index (χ0) is 20.8. The van der Waals surface area contributed by atoms with Crippen LogP contribution in [0.25, 0.3) is 27.5 Å². The van der Waals surface area contributed by atoms with E-state index in [1.54, 1.807) is 0 Å². The zero-order valence-electron chi connectivity index (χ0n) is 17.3. The Labute approximate surface area is 175 Å². The predicted molar refractivity (Wildman–Crippen MR) is 121 cm³/mol. The first kappa shape index (κ1) is 18.5. The van der Waals surface area contributed by atoms with E-state index in [1.165, 1.54) is 16.5 Å². The highest BCUT2D eigenvalue weighted by Crippen LogP contribution is 2.30. The van der Waals surface area contributed by atoms with Crippen molar-refractivity contribution in [1.82, 2.24) is 19.0 Å². The van der Waals surface area contributed by atoms with Gasteiger partial charge in [-0.15, -0.1) is 0 Å². The molecule has 0 bridgehead atoms. The Balaban J connectivity index is 1.42. The van der Waals surface area contributed by atoms with E-state index in [0.717, 1.165) is 24.0 Å². The van der Waals surface area contributed by atoms with Gasteiger partial charge in [0, 0.05) is 37.2 Å². The zero-order valence-corrected chi connectivity index (χ0v) is 17.3. The average Bonchev–Trinajstić information content (AvgIpc) is 3.37. The van der Waals surface area contributed by atoms with Gasteiger partial charge in [-0.05, 0) is 37.1 Å². The van der Waals surface area contributed by atoms with Gasteiger partial charge < -0.3 is 19.1 Å². The van der Waals surface area contributed by atoms with Gasteiger partial charge in [0.25, 0.3) is 0 Å². The number of aryl methyl sites for hydroxylation is 2. The number of nitrogens with zero attached hydrogens (tertiary/aromatic N) is 4. The molecule has 4 aromatic rings. The van der Waals surface area contributed by atoms with Crippen molar-refractivity contribution >= 4 is 33.3 Å². The van der Waals surface area contributed by atoms with Crippen molar-refractivity contribution < 1.29 is 5.11 Å². The third-order valence-corrected chi connectivity index (χ3v) is 6.01. The molecule has 2 aromatic carbocycles. The minimum atomic E-state index is 0.225. The van der Waals surface area contributed by atoms with Crippen LogP contribution >= 0.6 is 0 Å². The van der Waals surface area contributed by atoms with Crippen molar-refractivity contribution in [3.63, 3.8) is 0 Å². The third kappa shape index (κ3) is 2.79. The summed E-state index contributed by atoms with van der Waals surface area (Å²) in [6.45, 7) is 3.82. The van der Waals surface area contributed by atoms with Gasteiger partial charge in [0.2, 0.25) is 0 Å². The number of imidazole rings is 1. The van der Waals surface area contributed by atoms with Gasteiger partial charge in [0.05, 0.1) is 23.2 Å². The molecule has 6 nitrogen and oxygen atoms in total. The summed E-state index contributed by atoms with van der Waals surface area (Å²) in [7, 11) is 2.06. The molecule has 0 fully saturated rings. The molecule has 2 N–H and O–H groups in total. The standard InChI is InChI=1S/C24H25N5O/c1-3-29-20-11-7-5-9-18(20)26-24(29)22-21(30)15-28(23(22)25)13-12-16-14-27(2)19-10-6-4-8-17(16)19/h4-11,14,25,30H,3,12-13,15H2,1-2H3. The molecule has 0 saturated heterocycles. The first-order valence-electron chi connectivity index (χ1n) is 10.3. The molecule has 2 aromatic heterocycles. The topological polar surface area (TPSA) is 70.1 Å². The Morgan fingerprint density at radius 3 is 2.60 bits per heavy atom. The van der Waals surface area contributed by atoms with Gasteiger partial charge in [0.15, 0.2) is 0 Å². The lowest BCUT2D eigenvalue weighted by Crippen LogP contribution is -2.29. The van der Waals surface area contributed by atoms with Crippen LogP contribution in [0.1, 0.15) is 18.3 Å². The minimum Gasteiger partial charge on any atom is -0.510 e. The molecule has 30 heavy (non-hydrogen) atoms. The van der Waals surface area contributed by atoms with Crippen LogP contribution in [0.4, 0.5) is 0 Å². The summed E-state index contributed by atoms with van der Waals surface area (Å²) >= 11 is 0. The minimum absolute atomic E-state index is 0.225. The van der Waals surface area contributed by atoms with E-state index in [1.807, 2.05) is 29.2 Å². The Kier molecular flexibility index (Phi) is 4.35. The normalized spacial score (nSPS) is 14.6. The molecule has 0 radical (unpaired) electrons. The van der Waals surface area contributed by atoms with E-state index in [0.29, 0.717) is 30.3 Å². The number of hydrogen-bond donors (Lipinski definition) is 2. The number of benzene rings is 2. The van der Waals surface area contributed by atoms with Crippen molar-refractivity contribution in [2.75, 3.05) is 13.1 Å². The number of fused-ring (bicyclic) bond motifs is 2. The molecule has 3 heterocycles. The quantitative estimate of drug-likeness (QED) is 0.524. The maximum Gasteiger partial charge on any atom is 0.148 e. The van der Waals surface area contributed by atoms with Crippen LogP contribution < -0.4 is 0 Å². The van der Waals surface area contributed by atoms with Crippen LogP contribution in [0.15, 0.2) is 60.5 Å². The van der Waals surface area contributed by atoms with Crippen molar-refractivity contribution in [1.29, 1.82) is 5.41 Å². The van der Waals surface area contributed by atoms with Gasteiger partial charge in [-0.1, -0.05) is 30.3 Å². The number of aliphatic hydroxyl groups is 1. The highest BCUT2D eigenvalue weighted by Gasteiger charge is 2.31. The van der Waals surface area contributed by atoms with E-state index in [-0.39, 0.29) is 5.76 Å². The summed E-state index contributed by atoms with van der Waals surface area (Å²) in [6, 6.07) is 16.3. The van der Waals surface area contributed by atoms with Crippen LogP contribution in [-0.4, -0.2) is 43.0 Å². The fourth-order valence-corrected chi connectivity index (χ4v) is 4.53. The van der Waals surface area contributed by atoms with Gasteiger partial charge >= 0.3 is 0 Å². The average molecular weight is 399 g/mol. The van der Waals surface area contributed by atoms with Crippen molar-refractivity contribution in [3.05, 3.63) is 71.9 Å². The molecule has 0 saturated carbocycles. The van der Waals surface area contributed by atoms with E-state index < -0.39 is 0 Å². The number of nitrogens with one attached hydrogen (secondary N) is 1. The summed E-state index contributed by atoms with van der Waals surface area (Å²) in [6.07, 6.45) is 2.98. The summed E-state index contributed by atoms with van der Waals surface area (Å²) in [5, 5.41) is 20.7. The largest absolute Gasteiger partial charge is 0.510 e. The summed E-state index contributed by atoms with van der Waals surface area (Å²) in [5.41, 5.74) is 4.93. The molecule has 1 aliphatic rings. The lowest BCUT2D eigenvalue weighted by atomic mass is 10.1. The summed E-state index contributed by atoms with van der Waals surface area (Å²) < 4.78 is 4.22. The molecule has 0 aliphatic carbocycles. The Morgan fingerprint density at radius 2 is 1.80 bits per heavy atom. The Bertz CT molecular complexity index is 1310. The van der Waals surface area contributed by atoms with E-state index in [9.17, 15) is 5.11 Å². The fourth-order valence-electron chi connectivity index (χ4n) is 4.53. The van der Waals surface area contributed by atoms with Crippen LogP contribution in [0.2, 0.25) is 0 Å². The molecular formula is C24H25N5O. The van der Waals surface area contributed by atoms with E-state index in [4.69, 9.17) is 10.4 Å². The van der Waals surface area contributed by atoms with Crippen LogP contribution in [0, 0.1) is 5.41 Å². The number of hydrogen-bond acceptors (Lipinski definition) is 3. The molecule has 1 aliphatic heterocycles. The van der Waals surface area contributed by atoms with E-state index in [2.05, 4.69) is 53.6 Å². The molecule has 152 valence electrons. The second kappa shape index (κ2) is 7.06. The van der Waals surface area contributed by atoms with Crippen molar-refractivity contribution in [3.8, 4) is 0 Å². The number of aromatic nitrogens is 3. The predicted octanol–water partition coefficient (Wildman–Crippen LogP) is 4.35. The number of rotatable bonds is 5. The second-order valence-electron chi connectivity index (χ2n) is 7.79. The van der Waals surface area contributed by atoms with Crippen molar-refractivity contribution in [2.45, 2.75) is 19.9 Å². The fraction of sp³-hybridized carbons (Fsp3) is 0.250. The molecule has 0 amide bonds. The summed E-state index contributed by atoms with van der Waals surface area (Å²) in [5.74, 6) is 1.24. The monoisotopic (exact) mass is 399 g/mol. The van der Waals surface area contributed by atoms with Gasteiger partial charge in [-0.2, -0.15) is 0 Å². The van der Waals surface area contributed by atoms with Gasteiger partial charge in [0.1, 0.15) is 17.4 Å². The maximum atomic E-state index is 10.7. The number of aliphatic hydroxyl groups excluding tert-OH is 1. The number of para-hydroxylation sites is 3. The molecule has 0 atom stereocenters. The third-order valence-electron chi connectivity index (χ3n) is 6.01. The van der Waals surface area contributed by atoms with Crippen LogP contribution in [0.5, 0.6) is 0 Å². The lowest BCUT2D eigenvalue weighted by molar-refractivity contribution is 0.351. The second-order valence-corrected chi connectivity index (χ2v) is 7.79. The number of amidine groups is 1. The molecule has 0 spiro atoms. The van der Waals surface area contributed by atoms with Gasteiger partial charge in [-0.25, -0.2) is 4.98 Å². The van der Waals surface area contributed by atoms with E-state index >= 15 is 0 Å².